The first-order chi connectivity index (χ1) is 6.77. The minimum Gasteiger partial charge on any atom is -0.508 e. The molecule has 0 unspecified atom stereocenters. The van der Waals surface area contributed by atoms with Crippen LogP contribution >= 0.6 is 22.9 Å². The van der Waals surface area contributed by atoms with Gasteiger partial charge in [-0.1, -0.05) is 6.92 Å². The Morgan fingerprint density at radius 1 is 1.50 bits per heavy atom. The van der Waals surface area contributed by atoms with Crippen LogP contribution in [0.25, 0.3) is 10.1 Å². The molecule has 2 aromatic rings. The van der Waals surface area contributed by atoms with Gasteiger partial charge in [-0.3, -0.25) is 0 Å². The molecule has 2 rings (SSSR count). The minimum absolute atomic E-state index is 0.369. The molecular formula is C11H11ClOS. The summed E-state index contributed by atoms with van der Waals surface area (Å²) in [6.45, 7) is 2.05. The molecule has 0 aliphatic rings. The number of alkyl halides is 1. The third-order valence-corrected chi connectivity index (χ3v) is 3.68. The van der Waals surface area contributed by atoms with Crippen LogP contribution in [0, 0.1) is 0 Å². The van der Waals surface area contributed by atoms with Gasteiger partial charge in [0.2, 0.25) is 0 Å². The first-order valence-electron chi connectivity index (χ1n) is 4.54. The van der Waals surface area contributed by atoms with Crippen LogP contribution < -0.4 is 0 Å². The smallest absolute Gasteiger partial charge is 0.119 e. The molecule has 1 heterocycles. The van der Waals surface area contributed by atoms with E-state index in [4.69, 9.17) is 11.6 Å². The number of rotatable bonds is 2. The van der Waals surface area contributed by atoms with Crippen LogP contribution in [0.1, 0.15) is 18.1 Å². The number of aryl methyl sites for hydroxylation is 1. The first kappa shape index (κ1) is 9.81. The van der Waals surface area contributed by atoms with E-state index < -0.39 is 0 Å². The van der Waals surface area contributed by atoms with Gasteiger partial charge in [0.05, 0.1) is 0 Å². The summed E-state index contributed by atoms with van der Waals surface area (Å²) in [5.41, 5.74) is 2.04. The maximum absolute atomic E-state index is 9.78. The monoisotopic (exact) mass is 226 g/mol. The number of thiophene rings is 1. The fraction of sp³-hybridized carbons (Fsp3) is 0.273. The Kier molecular flexibility index (Phi) is 2.66. The van der Waals surface area contributed by atoms with Crippen molar-refractivity contribution in [2.45, 2.75) is 19.2 Å². The zero-order valence-electron chi connectivity index (χ0n) is 7.88. The maximum atomic E-state index is 9.78. The molecule has 1 N–H and O–H groups in total. The van der Waals surface area contributed by atoms with Crippen LogP contribution in [0.4, 0.5) is 0 Å². The zero-order valence-corrected chi connectivity index (χ0v) is 9.45. The Morgan fingerprint density at radius 2 is 2.29 bits per heavy atom. The van der Waals surface area contributed by atoms with Gasteiger partial charge in [-0.05, 0) is 34.9 Å². The summed E-state index contributed by atoms with van der Waals surface area (Å²) in [7, 11) is 0. The summed E-state index contributed by atoms with van der Waals surface area (Å²) in [5, 5.41) is 13.0. The molecule has 1 aromatic heterocycles. The first-order valence-corrected chi connectivity index (χ1v) is 5.96. The van der Waals surface area contributed by atoms with Gasteiger partial charge in [-0.2, -0.15) is 0 Å². The van der Waals surface area contributed by atoms with Gasteiger partial charge in [0.25, 0.3) is 0 Å². The fourth-order valence-electron chi connectivity index (χ4n) is 1.72. The lowest BCUT2D eigenvalue weighted by molar-refractivity contribution is 0.469. The third kappa shape index (κ3) is 1.39. The Morgan fingerprint density at radius 3 is 2.93 bits per heavy atom. The van der Waals surface area contributed by atoms with Crippen LogP contribution in [-0.4, -0.2) is 5.11 Å². The molecular weight excluding hydrogens is 216 g/mol. The molecule has 1 aromatic carbocycles. The average molecular weight is 227 g/mol. The second-order valence-electron chi connectivity index (χ2n) is 3.18. The van der Waals surface area contributed by atoms with Crippen LogP contribution in [0.5, 0.6) is 5.75 Å². The number of halogens is 1. The molecule has 0 atom stereocenters. The molecule has 0 fully saturated rings. The largest absolute Gasteiger partial charge is 0.508 e. The number of hydrogen-bond acceptors (Lipinski definition) is 2. The second kappa shape index (κ2) is 3.79. The predicted molar refractivity (Wildman–Crippen MR) is 62.4 cm³/mol. The van der Waals surface area contributed by atoms with Gasteiger partial charge in [0, 0.05) is 16.1 Å². The molecule has 14 heavy (non-hydrogen) atoms. The normalized spacial score (nSPS) is 11.0. The number of phenols is 1. The second-order valence-corrected chi connectivity index (χ2v) is 4.37. The number of fused-ring (bicyclic) bond motifs is 1. The molecule has 0 spiro atoms. The highest BCUT2D eigenvalue weighted by molar-refractivity contribution is 7.17. The summed E-state index contributed by atoms with van der Waals surface area (Å²) < 4.78 is 1.20. The Hall–Kier alpha value is -0.730. The van der Waals surface area contributed by atoms with Crippen molar-refractivity contribution in [3.05, 3.63) is 28.6 Å². The van der Waals surface area contributed by atoms with Crippen LogP contribution in [0.2, 0.25) is 0 Å². The summed E-state index contributed by atoms with van der Waals surface area (Å²) in [6, 6.07) is 3.83. The number of aromatic hydroxyl groups is 1. The van der Waals surface area contributed by atoms with Gasteiger partial charge in [-0.25, -0.2) is 0 Å². The van der Waals surface area contributed by atoms with Crippen LogP contribution in [-0.2, 0) is 12.3 Å². The van der Waals surface area contributed by atoms with E-state index in [-0.39, 0.29) is 0 Å². The van der Waals surface area contributed by atoms with E-state index in [1.165, 1.54) is 4.70 Å². The van der Waals surface area contributed by atoms with Gasteiger partial charge < -0.3 is 5.11 Å². The van der Waals surface area contributed by atoms with Crippen LogP contribution in [0.3, 0.4) is 0 Å². The minimum atomic E-state index is 0.369. The van der Waals surface area contributed by atoms with E-state index in [0.29, 0.717) is 11.6 Å². The lowest BCUT2D eigenvalue weighted by atomic mass is 10.0. The number of hydrogen-bond donors (Lipinski definition) is 1. The summed E-state index contributed by atoms with van der Waals surface area (Å²) in [4.78, 5) is 0. The molecule has 1 nitrogen and oxygen atoms in total. The molecule has 3 heteroatoms. The van der Waals surface area contributed by atoms with E-state index in [1.54, 1.807) is 17.4 Å². The highest BCUT2D eigenvalue weighted by atomic mass is 35.5. The molecule has 0 saturated heterocycles. The van der Waals surface area contributed by atoms with Crippen molar-refractivity contribution < 1.29 is 5.11 Å². The molecule has 0 radical (unpaired) electrons. The SMILES string of the molecule is CCc1c(O)cc(CCl)c2sccc12. The van der Waals surface area contributed by atoms with Gasteiger partial charge >= 0.3 is 0 Å². The van der Waals surface area contributed by atoms with E-state index in [0.717, 1.165) is 22.9 Å². The summed E-state index contributed by atoms with van der Waals surface area (Å²) >= 11 is 7.51. The van der Waals surface area contributed by atoms with Gasteiger partial charge in [0.1, 0.15) is 5.75 Å². The van der Waals surface area contributed by atoms with Crippen molar-refractivity contribution in [1.29, 1.82) is 0 Å². The molecule has 0 aliphatic heterocycles. The van der Waals surface area contributed by atoms with Gasteiger partial charge in [-0.15, -0.1) is 22.9 Å². The van der Waals surface area contributed by atoms with Crippen molar-refractivity contribution in [3.63, 3.8) is 0 Å². The average Bonchev–Trinajstić information content (AvgIpc) is 2.65. The van der Waals surface area contributed by atoms with Crippen LogP contribution in [0.15, 0.2) is 17.5 Å². The van der Waals surface area contributed by atoms with E-state index in [2.05, 4.69) is 6.07 Å². The molecule has 0 saturated carbocycles. The number of benzene rings is 1. The third-order valence-electron chi connectivity index (χ3n) is 2.40. The topological polar surface area (TPSA) is 20.2 Å². The quantitative estimate of drug-likeness (QED) is 0.770. The Balaban J connectivity index is 2.81. The number of phenolic OH excluding ortho intramolecular Hbond substituents is 1. The highest BCUT2D eigenvalue weighted by Gasteiger charge is 2.10. The highest BCUT2D eigenvalue weighted by Crippen LogP contribution is 2.35. The zero-order chi connectivity index (χ0) is 10.1. The molecule has 74 valence electrons. The van der Waals surface area contributed by atoms with Crippen molar-refractivity contribution in [2.75, 3.05) is 0 Å². The lowest BCUT2D eigenvalue weighted by Crippen LogP contribution is -1.86. The van der Waals surface area contributed by atoms with Crippen molar-refractivity contribution in [3.8, 4) is 5.75 Å². The van der Waals surface area contributed by atoms with Crippen molar-refractivity contribution in [2.24, 2.45) is 0 Å². The van der Waals surface area contributed by atoms with E-state index in [1.807, 2.05) is 12.3 Å². The molecule has 0 aliphatic carbocycles. The Labute approximate surface area is 91.9 Å². The summed E-state index contributed by atoms with van der Waals surface area (Å²) in [6.07, 6.45) is 0.849. The summed E-state index contributed by atoms with van der Waals surface area (Å²) in [5.74, 6) is 0.822. The molecule has 0 bridgehead atoms. The maximum Gasteiger partial charge on any atom is 0.119 e. The lowest BCUT2D eigenvalue weighted by Gasteiger charge is -2.06. The van der Waals surface area contributed by atoms with E-state index >= 15 is 0 Å². The Bertz CT molecular complexity index is 462. The van der Waals surface area contributed by atoms with E-state index in [9.17, 15) is 5.11 Å². The van der Waals surface area contributed by atoms with Crippen molar-refractivity contribution in [1.82, 2.24) is 0 Å². The fourth-order valence-corrected chi connectivity index (χ4v) is 2.95. The van der Waals surface area contributed by atoms with Crippen molar-refractivity contribution >= 4 is 33.0 Å². The van der Waals surface area contributed by atoms with Gasteiger partial charge in [0.15, 0.2) is 0 Å². The standard InChI is InChI=1S/C11H11ClOS/c1-2-8-9-3-4-14-11(9)7(6-12)5-10(8)13/h3-5,13H,2,6H2,1H3. The molecule has 0 amide bonds. The predicted octanol–water partition coefficient (Wildman–Crippen LogP) is 3.91.